The first-order valence-electron chi connectivity index (χ1n) is 8.46. The number of rotatable bonds is 7. The van der Waals surface area contributed by atoms with Crippen molar-refractivity contribution >= 4 is 33.5 Å². The fourth-order valence-corrected chi connectivity index (χ4v) is 5.24. The Bertz CT molecular complexity index is 766. The Morgan fingerprint density at radius 1 is 1.46 bits per heavy atom. The van der Waals surface area contributed by atoms with Crippen molar-refractivity contribution in [2.24, 2.45) is 0 Å². The van der Waals surface area contributed by atoms with Crippen molar-refractivity contribution in [2.75, 3.05) is 24.4 Å². The number of thioether (sulfide) groups is 1. The number of ether oxygens (including phenoxy) is 1. The van der Waals surface area contributed by atoms with Gasteiger partial charge in [-0.25, -0.2) is 18.2 Å². The predicted octanol–water partition coefficient (Wildman–Crippen LogP) is 1.77. The zero-order valence-electron chi connectivity index (χ0n) is 15.2. The van der Waals surface area contributed by atoms with E-state index in [1.165, 1.54) is 11.8 Å². The molecule has 0 aliphatic carbocycles. The van der Waals surface area contributed by atoms with Crippen LogP contribution in [0.4, 0.5) is 0 Å². The van der Waals surface area contributed by atoms with Crippen molar-refractivity contribution in [3.8, 4) is 0 Å². The van der Waals surface area contributed by atoms with Crippen LogP contribution in [-0.2, 0) is 19.4 Å². The Morgan fingerprint density at radius 3 is 2.77 bits per heavy atom. The second kappa shape index (κ2) is 8.85. The summed E-state index contributed by atoms with van der Waals surface area (Å²) < 4.78 is 28.7. The molecule has 9 heteroatoms. The van der Waals surface area contributed by atoms with Crippen LogP contribution >= 0.6 is 11.8 Å². The molecule has 1 aliphatic heterocycles. The van der Waals surface area contributed by atoms with Gasteiger partial charge in [0.05, 0.1) is 17.1 Å². The summed E-state index contributed by atoms with van der Waals surface area (Å²) in [5.41, 5.74) is 0.311. The Hall–Kier alpha value is -1.61. The highest BCUT2D eigenvalue weighted by Gasteiger charge is 2.36. The molecule has 0 aromatic carbocycles. The van der Waals surface area contributed by atoms with Gasteiger partial charge >= 0.3 is 5.97 Å². The molecule has 0 N–H and O–H groups in total. The van der Waals surface area contributed by atoms with Crippen molar-refractivity contribution in [1.29, 1.82) is 0 Å². The van der Waals surface area contributed by atoms with Crippen LogP contribution in [0.25, 0.3) is 0 Å². The lowest BCUT2D eigenvalue weighted by atomic mass is 10.1. The molecular weight excluding hydrogens is 376 g/mol. The third kappa shape index (κ3) is 4.97. The molecule has 2 heterocycles. The molecule has 1 saturated heterocycles. The smallest absolute Gasteiger partial charge is 0.341 e. The van der Waals surface area contributed by atoms with E-state index in [1.807, 2.05) is 13.8 Å². The molecule has 2 rings (SSSR count). The molecule has 1 aliphatic rings. The monoisotopic (exact) mass is 400 g/mol. The maximum Gasteiger partial charge on any atom is 0.341 e. The molecular formula is C17H24N2O5S2. The highest BCUT2D eigenvalue weighted by Crippen LogP contribution is 2.22. The lowest BCUT2D eigenvalue weighted by molar-refractivity contribution is -0.138. The van der Waals surface area contributed by atoms with E-state index in [2.05, 4.69) is 4.98 Å². The maximum atomic E-state index is 12.7. The third-order valence-corrected chi connectivity index (χ3v) is 6.93. The van der Waals surface area contributed by atoms with Gasteiger partial charge in [0.15, 0.2) is 16.4 Å². The summed E-state index contributed by atoms with van der Waals surface area (Å²) in [5, 5.41) is 0.533. The van der Waals surface area contributed by atoms with E-state index < -0.39 is 22.4 Å². The van der Waals surface area contributed by atoms with Crippen LogP contribution in [-0.4, -0.2) is 66.6 Å². The minimum absolute atomic E-state index is 0.0315. The van der Waals surface area contributed by atoms with Gasteiger partial charge in [0, 0.05) is 18.3 Å². The normalized spacial score (nSPS) is 19.7. The average molecular weight is 401 g/mol. The number of carbonyl (C=O) groups excluding carboxylic acids is 2. The number of aromatic nitrogens is 1. The Kier molecular flexibility index (Phi) is 7.05. The van der Waals surface area contributed by atoms with E-state index >= 15 is 0 Å². The van der Waals surface area contributed by atoms with Crippen LogP contribution in [0.3, 0.4) is 0 Å². The highest BCUT2D eigenvalue weighted by molar-refractivity contribution is 7.98. The second-order valence-electron chi connectivity index (χ2n) is 6.25. The van der Waals surface area contributed by atoms with Crippen LogP contribution in [0.5, 0.6) is 0 Å². The number of esters is 1. The van der Waals surface area contributed by atoms with Crippen molar-refractivity contribution < 1.29 is 22.7 Å². The van der Waals surface area contributed by atoms with Crippen LogP contribution < -0.4 is 0 Å². The zero-order chi connectivity index (χ0) is 19.3. The van der Waals surface area contributed by atoms with Gasteiger partial charge in [0.1, 0.15) is 5.03 Å². The number of hydrogen-bond donors (Lipinski definition) is 0. The van der Waals surface area contributed by atoms with Crippen molar-refractivity contribution in [2.45, 2.75) is 43.8 Å². The molecule has 0 spiro atoms. The largest absolute Gasteiger partial charge is 0.452 e. The van der Waals surface area contributed by atoms with Gasteiger partial charge in [-0.1, -0.05) is 6.92 Å². The third-order valence-electron chi connectivity index (χ3n) is 4.47. The molecule has 2 unspecified atom stereocenters. The SMILES string of the molecule is CCC(C)N(C(=O)COC(=O)c1cccnc1SC)C1CCS(=O)(=O)C1. The van der Waals surface area contributed by atoms with Crippen LogP contribution in [0.15, 0.2) is 23.4 Å². The average Bonchev–Trinajstić information content (AvgIpc) is 2.98. The summed E-state index contributed by atoms with van der Waals surface area (Å²) in [6.07, 6.45) is 4.50. The predicted molar refractivity (Wildman–Crippen MR) is 100.0 cm³/mol. The number of carbonyl (C=O) groups is 2. The van der Waals surface area contributed by atoms with E-state index in [9.17, 15) is 18.0 Å². The molecule has 1 aromatic heterocycles. The summed E-state index contributed by atoms with van der Waals surface area (Å²) >= 11 is 1.32. The van der Waals surface area contributed by atoms with Gasteiger partial charge in [-0.3, -0.25) is 4.79 Å². The van der Waals surface area contributed by atoms with Gasteiger partial charge in [0.2, 0.25) is 0 Å². The van der Waals surface area contributed by atoms with Crippen molar-refractivity contribution in [3.05, 3.63) is 23.9 Å². The lowest BCUT2D eigenvalue weighted by Gasteiger charge is -2.33. The van der Waals surface area contributed by atoms with E-state index in [-0.39, 0.29) is 29.5 Å². The highest BCUT2D eigenvalue weighted by atomic mass is 32.2. The molecule has 1 fully saturated rings. The second-order valence-corrected chi connectivity index (χ2v) is 9.28. The minimum atomic E-state index is -3.11. The number of hydrogen-bond acceptors (Lipinski definition) is 7. The van der Waals surface area contributed by atoms with Gasteiger partial charge < -0.3 is 9.64 Å². The van der Waals surface area contributed by atoms with E-state index in [0.717, 1.165) is 0 Å². The van der Waals surface area contributed by atoms with Gasteiger partial charge in [-0.05, 0) is 38.2 Å². The molecule has 26 heavy (non-hydrogen) atoms. The Balaban J connectivity index is 2.06. The number of amides is 1. The van der Waals surface area contributed by atoms with Gasteiger partial charge in [-0.2, -0.15) is 0 Å². The number of nitrogens with zero attached hydrogens (tertiary/aromatic N) is 2. The quantitative estimate of drug-likeness (QED) is 0.509. The summed E-state index contributed by atoms with van der Waals surface area (Å²) in [7, 11) is -3.11. The molecule has 0 saturated carbocycles. The Morgan fingerprint density at radius 2 is 2.19 bits per heavy atom. The fourth-order valence-electron chi connectivity index (χ4n) is 2.99. The maximum absolute atomic E-state index is 12.7. The van der Waals surface area contributed by atoms with Crippen LogP contribution in [0.2, 0.25) is 0 Å². The summed E-state index contributed by atoms with van der Waals surface area (Å²) in [4.78, 5) is 30.6. The Labute approximate surface area is 158 Å². The lowest BCUT2D eigenvalue weighted by Crippen LogP contribution is -2.48. The first-order valence-corrected chi connectivity index (χ1v) is 11.5. The molecule has 7 nitrogen and oxygen atoms in total. The molecule has 0 radical (unpaired) electrons. The summed E-state index contributed by atoms with van der Waals surface area (Å²) in [6, 6.07) is 2.75. The summed E-state index contributed by atoms with van der Waals surface area (Å²) in [5.74, 6) is -0.927. The molecule has 144 valence electrons. The number of pyridine rings is 1. The zero-order valence-corrected chi connectivity index (χ0v) is 16.8. The molecule has 1 amide bonds. The minimum Gasteiger partial charge on any atom is -0.452 e. The molecule has 1 aromatic rings. The summed E-state index contributed by atoms with van der Waals surface area (Å²) in [6.45, 7) is 3.39. The first kappa shape index (κ1) is 20.7. The van der Waals surface area contributed by atoms with Gasteiger partial charge in [-0.15, -0.1) is 11.8 Å². The topological polar surface area (TPSA) is 93.6 Å². The van der Waals surface area contributed by atoms with E-state index in [1.54, 1.807) is 29.5 Å². The van der Waals surface area contributed by atoms with E-state index in [0.29, 0.717) is 23.4 Å². The standard InChI is InChI=1S/C17H24N2O5S2/c1-4-12(2)19(13-7-9-26(22,23)11-13)15(20)10-24-17(21)14-6-5-8-18-16(14)25-3/h5-6,8,12-13H,4,7,9-11H2,1-3H3. The van der Waals surface area contributed by atoms with Crippen molar-refractivity contribution in [1.82, 2.24) is 9.88 Å². The molecule has 0 bridgehead atoms. The van der Waals surface area contributed by atoms with E-state index in [4.69, 9.17) is 4.74 Å². The first-order chi connectivity index (χ1) is 12.3. The van der Waals surface area contributed by atoms with Gasteiger partial charge in [0.25, 0.3) is 5.91 Å². The van der Waals surface area contributed by atoms with Crippen molar-refractivity contribution in [3.63, 3.8) is 0 Å². The van der Waals surface area contributed by atoms with Crippen LogP contribution in [0.1, 0.15) is 37.0 Å². The molecule has 2 atom stereocenters. The number of sulfone groups is 1. The van der Waals surface area contributed by atoms with Crippen LogP contribution in [0, 0.1) is 0 Å². The fraction of sp³-hybridized carbons (Fsp3) is 0.588.